The van der Waals surface area contributed by atoms with Gasteiger partial charge in [0.1, 0.15) is 5.69 Å². The molecule has 3 aromatic heterocycles. The van der Waals surface area contributed by atoms with Gasteiger partial charge in [-0.25, -0.2) is 0 Å². The molecule has 162 valence electrons. The van der Waals surface area contributed by atoms with Crippen LogP contribution in [0.5, 0.6) is 0 Å². The average Bonchev–Trinajstić information content (AvgIpc) is 3.52. The summed E-state index contributed by atoms with van der Waals surface area (Å²) in [6.45, 7) is 6.48. The molecule has 0 atom stereocenters. The highest BCUT2D eigenvalue weighted by atomic mass is 32.1. The van der Waals surface area contributed by atoms with Crippen LogP contribution in [0.25, 0.3) is 10.7 Å². The van der Waals surface area contributed by atoms with Crippen LogP contribution in [0.1, 0.15) is 16.4 Å². The number of aromatic nitrogens is 3. The number of amides is 1. The highest BCUT2D eigenvalue weighted by Gasteiger charge is 2.25. The van der Waals surface area contributed by atoms with Gasteiger partial charge in [0.15, 0.2) is 0 Å². The van der Waals surface area contributed by atoms with Gasteiger partial charge in [0.2, 0.25) is 11.7 Å². The number of carbonyl (C=O) groups excluding carboxylic acids is 1. The highest BCUT2D eigenvalue weighted by Crippen LogP contribution is 2.22. The molecule has 0 saturated carbocycles. The lowest BCUT2D eigenvalue weighted by atomic mass is 10.2. The minimum absolute atomic E-state index is 0.0208. The number of carbonyl (C=O) groups is 1. The van der Waals surface area contributed by atoms with Gasteiger partial charge in [-0.15, -0.1) is 11.3 Å². The van der Waals surface area contributed by atoms with Crippen molar-refractivity contribution in [1.82, 2.24) is 24.9 Å². The van der Waals surface area contributed by atoms with Crippen molar-refractivity contribution in [3.05, 3.63) is 47.4 Å². The number of pyridine rings is 1. The minimum atomic E-state index is -0.0208. The van der Waals surface area contributed by atoms with E-state index < -0.39 is 0 Å². The second-order valence-corrected chi connectivity index (χ2v) is 8.50. The Hall–Kier alpha value is -2.82. The first-order valence-electron chi connectivity index (χ1n) is 10.4. The molecule has 0 aliphatic carbocycles. The zero-order chi connectivity index (χ0) is 21.0. The van der Waals surface area contributed by atoms with E-state index in [0.29, 0.717) is 50.3 Å². The van der Waals surface area contributed by atoms with Crippen molar-refractivity contribution < 1.29 is 14.1 Å². The third-order valence-corrected chi connectivity index (χ3v) is 6.43. The normalized spacial score (nSPS) is 17.8. The summed E-state index contributed by atoms with van der Waals surface area (Å²) in [6, 6.07) is 7.79. The molecule has 1 amide bonds. The van der Waals surface area contributed by atoms with E-state index in [2.05, 4.69) is 24.9 Å². The SMILES string of the molecule is O=C(c1cc(N2CCOCC2)ccn1)N1CCN(Cc2nc(-c3cccs3)no2)CC1. The Labute approximate surface area is 184 Å². The minimum Gasteiger partial charge on any atom is -0.378 e. The van der Waals surface area contributed by atoms with E-state index in [4.69, 9.17) is 9.26 Å². The van der Waals surface area contributed by atoms with Crippen molar-refractivity contribution in [2.75, 3.05) is 57.4 Å². The van der Waals surface area contributed by atoms with Crippen LogP contribution in [0, 0.1) is 0 Å². The Morgan fingerprint density at radius 3 is 2.71 bits per heavy atom. The quantitative estimate of drug-likeness (QED) is 0.595. The summed E-state index contributed by atoms with van der Waals surface area (Å²) < 4.78 is 10.8. The number of hydrogen-bond donors (Lipinski definition) is 0. The Morgan fingerprint density at radius 2 is 1.94 bits per heavy atom. The lowest BCUT2D eigenvalue weighted by Gasteiger charge is -2.34. The number of rotatable bonds is 5. The van der Waals surface area contributed by atoms with E-state index in [1.54, 1.807) is 17.5 Å². The fraction of sp³-hybridized carbons (Fsp3) is 0.429. The summed E-state index contributed by atoms with van der Waals surface area (Å²) in [4.78, 5) is 29.1. The summed E-state index contributed by atoms with van der Waals surface area (Å²) in [7, 11) is 0. The van der Waals surface area contributed by atoms with Gasteiger partial charge in [-0.3, -0.25) is 14.7 Å². The van der Waals surface area contributed by atoms with Gasteiger partial charge in [0.05, 0.1) is 24.6 Å². The molecule has 31 heavy (non-hydrogen) atoms. The molecule has 0 N–H and O–H groups in total. The Bertz CT molecular complexity index is 1010. The molecule has 9 nitrogen and oxygen atoms in total. The fourth-order valence-corrected chi connectivity index (χ4v) is 4.49. The summed E-state index contributed by atoms with van der Waals surface area (Å²) in [5.74, 6) is 1.21. The van der Waals surface area contributed by atoms with Crippen LogP contribution in [0.2, 0.25) is 0 Å². The molecule has 2 saturated heterocycles. The number of thiophene rings is 1. The molecule has 2 aliphatic rings. The Balaban J connectivity index is 1.16. The van der Waals surface area contributed by atoms with Crippen LogP contribution in [-0.2, 0) is 11.3 Å². The molecule has 3 aromatic rings. The fourth-order valence-electron chi connectivity index (χ4n) is 3.84. The molecule has 0 radical (unpaired) electrons. The average molecular weight is 441 g/mol. The number of piperazine rings is 1. The van der Waals surface area contributed by atoms with Crippen molar-refractivity contribution in [3.8, 4) is 10.7 Å². The van der Waals surface area contributed by atoms with Gasteiger partial charge in [0, 0.05) is 51.2 Å². The molecular weight excluding hydrogens is 416 g/mol. The molecule has 2 aliphatic heterocycles. The van der Waals surface area contributed by atoms with Gasteiger partial charge in [0.25, 0.3) is 5.91 Å². The Kier molecular flexibility index (Phi) is 5.92. The van der Waals surface area contributed by atoms with E-state index in [0.717, 1.165) is 36.7 Å². The first-order chi connectivity index (χ1) is 15.3. The molecule has 0 unspecified atom stereocenters. The monoisotopic (exact) mass is 440 g/mol. The number of anilines is 1. The number of morpholine rings is 1. The third kappa shape index (κ3) is 4.60. The summed E-state index contributed by atoms with van der Waals surface area (Å²) >= 11 is 1.59. The van der Waals surface area contributed by atoms with E-state index in [-0.39, 0.29) is 5.91 Å². The summed E-state index contributed by atoms with van der Waals surface area (Å²) in [5.41, 5.74) is 1.52. The second kappa shape index (κ2) is 9.13. The van der Waals surface area contributed by atoms with Crippen LogP contribution in [-0.4, -0.2) is 83.3 Å². The maximum absolute atomic E-state index is 13.0. The molecular formula is C21H24N6O3S. The van der Waals surface area contributed by atoms with Crippen molar-refractivity contribution in [1.29, 1.82) is 0 Å². The summed E-state index contributed by atoms with van der Waals surface area (Å²) in [6.07, 6.45) is 1.72. The molecule has 10 heteroatoms. The second-order valence-electron chi connectivity index (χ2n) is 7.56. The van der Waals surface area contributed by atoms with Crippen LogP contribution in [0.15, 0.2) is 40.4 Å². The molecule has 5 rings (SSSR count). The van der Waals surface area contributed by atoms with Crippen LogP contribution < -0.4 is 4.90 Å². The van der Waals surface area contributed by atoms with Crippen LogP contribution in [0.4, 0.5) is 5.69 Å². The topological polar surface area (TPSA) is 87.8 Å². The maximum Gasteiger partial charge on any atom is 0.272 e. The van der Waals surface area contributed by atoms with Gasteiger partial charge in [-0.2, -0.15) is 4.98 Å². The largest absolute Gasteiger partial charge is 0.378 e. The predicted octanol–water partition coefficient (Wildman–Crippen LogP) is 1.99. The van der Waals surface area contributed by atoms with Gasteiger partial charge >= 0.3 is 0 Å². The molecule has 5 heterocycles. The highest BCUT2D eigenvalue weighted by molar-refractivity contribution is 7.13. The van der Waals surface area contributed by atoms with Crippen LogP contribution in [0.3, 0.4) is 0 Å². The zero-order valence-electron chi connectivity index (χ0n) is 17.1. The van der Waals surface area contributed by atoms with Gasteiger partial charge in [-0.1, -0.05) is 11.2 Å². The number of hydrogen-bond acceptors (Lipinski definition) is 9. The lowest BCUT2D eigenvalue weighted by molar-refractivity contribution is 0.0609. The van der Waals surface area contributed by atoms with Crippen LogP contribution >= 0.6 is 11.3 Å². The van der Waals surface area contributed by atoms with E-state index >= 15 is 0 Å². The first-order valence-corrected chi connectivity index (χ1v) is 11.3. The van der Waals surface area contributed by atoms with Crippen molar-refractivity contribution in [2.45, 2.75) is 6.54 Å². The predicted molar refractivity (Wildman–Crippen MR) is 116 cm³/mol. The van der Waals surface area contributed by atoms with Crippen molar-refractivity contribution in [3.63, 3.8) is 0 Å². The molecule has 0 bridgehead atoms. The third-order valence-electron chi connectivity index (χ3n) is 5.57. The summed E-state index contributed by atoms with van der Waals surface area (Å²) in [5, 5.41) is 6.06. The zero-order valence-corrected chi connectivity index (χ0v) is 18.0. The maximum atomic E-state index is 13.0. The number of nitrogens with zero attached hydrogens (tertiary/aromatic N) is 6. The lowest BCUT2D eigenvalue weighted by Crippen LogP contribution is -2.48. The van der Waals surface area contributed by atoms with E-state index in [1.165, 1.54) is 0 Å². The van der Waals surface area contributed by atoms with Crippen molar-refractivity contribution >= 4 is 22.9 Å². The molecule has 2 fully saturated rings. The standard InChI is InChI=1S/C21H24N6O3S/c28-21(17-14-16(3-4-22-17)26-9-11-29-12-10-26)27-7-5-25(6-8-27)15-19-23-20(24-30-19)18-2-1-13-31-18/h1-4,13-14H,5-12,15H2. The molecule has 0 aromatic carbocycles. The van der Waals surface area contributed by atoms with Gasteiger partial charge in [-0.05, 0) is 23.6 Å². The van der Waals surface area contributed by atoms with E-state index in [1.807, 2.05) is 34.5 Å². The smallest absolute Gasteiger partial charge is 0.272 e. The van der Waals surface area contributed by atoms with Gasteiger partial charge < -0.3 is 19.1 Å². The van der Waals surface area contributed by atoms with E-state index in [9.17, 15) is 4.79 Å². The molecule has 0 spiro atoms. The van der Waals surface area contributed by atoms with Crippen molar-refractivity contribution in [2.24, 2.45) is 0 Å². The number of ether oxygens (including phenoxy) is 1. The first kappa shape index (κ1) is 20.1. The Morgan fingerprint density at radius 1 is 1.10 bits per heavy atom.